The zero-order chi connectivity index (χ0) is 41.3. The summed E-state index contributed by atoms with van der Waals surface area (Å²) in [5.74, 6) is -0.749. The summed E-state index contributed by atoms with van der Waals surface area (Å²) in [6.07, 6.45) is 15.0. The van der Waals surface area contributed by atoms with E-state index in [1.165, 1.54) is 0 Å². The SMILES string of the molecule is CCCCCCCC(=O)N=C1C=C2C(=C/C1=C1/C(=O)C(c3cc4c(cc3NC(=O)CCCCCCC)N(C(C)C)C(C)C4(C)C)=C1O)C(C)(C)C(C)N2C(C)C. The number of aliphatic hydroxyl groups excluding tert-OH is 1. The minimum atomic E-state index is -0.310. The fourth-order valence-corrected chi connectivity index (χ4v) is 9.32. The number of nitrogens with one attached hydrogen (secondary N) is 1. The molecule has 2 aliphatic heterocycles. The molecule has 5 rings (SSSR count). The number of carbonyl (C=O) groups is 3. The number of aliphatic imine (C=N–C) groups is 1. The topological polar surface area (TPSA) is 102 Å². The van der Waals surface area contributed by atoms with Crippen LogP contribution in [0, 0.1) is 5.41 Å². The van der Waals surface area contributed by atoms with E-state index in [1.54, 1.807) is 0 Å². The molecule has 0 aromatic heterocycles. The Balaban J connectivity index is 1.64. The zero-order valence-electron chi connectivity index (χ0n) is 36.6. The average Bonchev–Trinajstić information content (AvgIpc) is 3.44. The molecule has 1 saturated heterocycles. The molecule has 2 unspecified atom stereocenters. The van der Waals surface area contributed by atoms with Gasteiger partial charge in [0.2, 0.25) is 17.6 Å². The summed E-state index contributed by atoms with van der Waals surface area (Å²) in [6.45, 7) is 26.3. The normalized spacial score (nSPS) is 23.2. The number of carbonyl (C=O) groups excluding carboxylic acids is 3. The van der Waals surface area contributed by atoms with Crippen LogP contribution < -0.4 is 10.2 Å². The van der Waals surface area contributed by atoms with Gasteiger partial charge in [-0.2, -0.15) is 0 Å². The number of benzene rings is 1. The number of hydrogen-bond acceptors (Lipinski definition) is 6. The molecule has 306 valence electrons. The predicted octanol–water partition coefficient (Wildman–Crippen LogP) is 11.3. The molecule has 0 spiro atoms. The molecule has 2 aliphatic carbocycles. The van der Waals surface area contributed by atoms with E-state index in [2.05, 4.69) is 103 Å². The minimum Gasteiger partial charge on any atom is -0.506 e. The molecule has 0 saturated carbocycles. The number of hydrogen-bond donors (Lipinski definition) is 2. The van der Waals surface area contributed by atoms with Crippen LogP contribution in [0.5, 0.6) is 0 Å². The number of fused-ring (bicyclic) bond motifs is 2. The molecule has 2 heterocycles. The van der Waals surface area contributed by atoms with Crippen molar-refractivity contribution in [3.05, 3.63) is 63.6 Å². The maximum Gasteiger partial charge on any atom is 0.246 e. The van der Waals surface area contributed by atoms with Gasteiger partial charge in [0.25, 0.3) is 0 Å². The maximum atomic E-state index is 14.7. The van der Waals surface area contributed by atoms with Gasteiger partial charge in [0, 0.05) is 70.4 Å². The van der Waals surface area contributed by atoms with Crippen molar-refractivity contribution in [3.8, 4) is 0 Å². The van der Waals surface area contributed by atoms with Gasteiger partial charge in [0.15, 0.2) is 0 Å². The molecule has 8 nitrogen and oxygen atoms in total. The van der Waals surface area contributed by atoms with Crippen LogP contribution >= 0.6 is 0 Å². The largest absolute Gasteiger partial charge is 0.506 e. The Labute approximate surface area is 337 Å². The highest BCUT2D eigenvalue weighted by molar-refractivity contribution is 6.42. The van der Waals surface area contributed by atoms with E-state index < -0.39 is 0 Å². The number of rotatable bonds is 16. The molecule has 0 radical (unpaired) electrons. The average molecular weight is 767 g/mol. The summed E-state index contributed by atoms with van der Waals surface area (Å²) >= 11 is 0. The van der Waals surface area contributed by atoms with Gasteiger partial charge in [-0.15, -0.1) is 0 Å². The van der Waals surface area contributed by atoms with Gasteiger partial charge in [0.1, 0.15) is 5.76 Å². The Morgan fingerprint density at radius 3 is 1.93 bits per heavy atom. The molecule has 2 amide bonds. The molecule has 8 heteroatoms. The van der Waals surface area contributed by atoms with Crippen LogP contribution in [0.1, 0.15) is 171 Å². The van der Waals surface area contributed by atoms with Crippen molar-refractivity contribution in [1.29, 1.82) is 0 Å². The monoisotopic (exact) mass is 767 g/mol. The number of anilines is 2. The van der Waals surface area contributed by atoms with Crippen LogP contribution in [0.25, 0.3) is 5.57 Å². The third-order valence-electron chi connectivity index (χ3n) is 13.2. The lowest BCUT2D eigenvalue weighted by Crippen LogP contribution is -2.42. The van der Waals surface area contributed by atoms with Crippen LogP contribution in [-0.2, 0) is 19.8 Å². The number of ketones is 1. The fraction of sp³-hybridized carbons (Fsp3) is 0.625. The first-order valence-electron chi connectivity index (χ1n) is 21.7. The molecule has 1 fully saturated rings. The highest BCUT2D eigenvalue weighted by atomic mass is 16.3. The summed E-state index contributed by atoms with van der Waals surface area (Å²) in [5.41, 5.74) is 6.01. The van der Waals surface area contributed by atoms with E-state index in [1.807, 2.05) is 24.3 Å². The van der Waals surface area contributed by atoms with Gasteiger partial charge in [-0.25, -0.2) is 4.99 Å². The van der Waals surface area contributed by atoms with Crippen LogP contribution in [0.4, 0.5) is 11.4 Å². The molecule has 1 aromatic carbocycles. The lowest BCUT2D eigenvalue weighted by Gasteiger charge is -2.34. The first-order valence-corrected chi connectivity index (χ1v) is 21.7. The second-order valence-corrected chi connectivity index (χ2v) is 18.4. The third kappa shape index (κ3) is 8.09. The first-order chi connectivity index (χ1) is 26.4. The summed E-state index contributed by atoms with van der Waals surface area (Å²) in [5, 5.41) is 15.3. The van der Waals surface area contributed by atoms with Crippen molar-refractivity contribution in [3.63, 3.8) is 0 Å². The molecule has 0 bridgehead atoms. The molecule has 1 aromatic rings. The smallest absolute Gasteiger partial charge is 0.246 e. The van der Waals surface area contributed by atoms with E-state index in [0.717, 1.165) is 86.7 Å². The van der Waals surface area contributed by atoms with Gasteiger partial charge in [-0.3, -0.25) is 14.4 Å². The van der Waals surface area contributed by atoms with Crippen molar-refractivity contribution in [2.75, 3.05) is 10.2 Å². The van der Waals surface area contributed by atoms with Crippen LogP contribution in [0.3, 0.4) is 0 Å². The van der Waals surface area contributed by atoms with Gasteiger partial charge >= 0.3 is 0 Å². The molecule has 56 heavy (non-hydrogen) atoms. The van der Waals surface area contributed by atoms with Crippen molar-refractivity contribution in [1.82, 2.24) is 4.90 Å². The molecule has 2 atom stereocenters. The van der Waals surface area contributed by atoms with Crippen molar-refractivity contribution in [2.45, 2.75) is 190 Å². The van der Waals surface area contributed by atoms with E-state index in [9.17, 15) is 19.5 Å². The number of Topliss-reactive ketones (excluding diaryl/α,β-unsaturated/α-hetero) is 1. The van der Waals surface area contributed by atoms with Gasteiger partial charge < -0.3 is 20.2 Å². The van der Waals surface area contributed by atoms with E-state index in [-0.39, 0.29) is 69.5 Å². The highest BCUT2D eigenvalue weighted by Crippen LogP contribution is 2.53. The Morgan fingerprint density at radius 1 is 0.786 bits per heavy atom. The van der Waals surface area contributed by atoms with Crippen molar-refractivity contribution < 1.29 is 19.5 Å². The van der Waals surface area contributed by atoms with Crippen LogP contribution in [0.15, 0.2) is 57.5 Å². The third-order valence-corrected chi connectivity index (χ3v) is 13.2. The van der Waals surface area contributed by atoms with Gasteiger partial charge in [-0.1, -0.05) is 92.9 Å². The van der Waals surface area contributed by atoms with Gasteiger partial charge in [-0.05, 0) is 89.8 Å². The second-order valence-electron chi connectivity index (χ2n) is 18.4. The standard InChI is InChI=1S/C48H70N4O4/c1-13-15-17-19-21-23-41(53)49-37-27-39-35(47(9,10)31(7)51(39)29(3)4)25-33(37)43-45(55)44(46(43)56)34-26-36-40(52(30(5)6)32(8)48(36,11)12)28-38(34)50-42(54)24-22-20-18-16-14-2/h25-32,55H,13-24H2,1-12H3,(H,49,53)/b44-34-,50-38?. The number of amides is 2. The predicted molar refractivity (Wildman–Crippen MR) is 232 cm³/mol. The molecular weight excluding hydrogens is 697 g/mol. The second kappa shape index (κ2) is 17.3. The Morgan fingerprint density at radius 2 is 1.36 bits per heavy atom. The highest BCUT2D eigenvalue weighted by Gasteiger charge is 2.49. The van der Waals surface area contributed by atoms with Crippen LogP contribution in [-0.4, -0.2) is 57.5 Å². The number of likely N-dealkylation sites (tertiary alicyclic amines) is 1. The summed E-state index contributed by atoms with van der Waals surface area (Å²) in [6, 6.07) is 4.79. The van der Waals surface area contributed by atoms with Crippen LogP contribution in [0.2, 0.25) is 0 Å². The van der Waals surface area contributed by atoms with Crippen molar-refractivity contribution in [2.24, 2.45) is 10.4 Å². The van der Waals surface area contributed by atoms with Gasteiger partial charge in [0.05, 0.1) is 22.5 Å². The lowest BCUT2D eigenvalue weighted by atomic mass is 9.73. The van der Waals surface area contributed by atoms with E-state index in [4.69, 9.17) is 0 Å². The summed E-state index contributed by atoms with van der Waals surface area (Å²) in [4.78, 5) is 51.0. The van der Waals surface area contributed by atoms with Crippen molar-refractivity contribution >= 4 is 40.3 Å². The van der Waals surface area contributed by atoms with E-state index in [0.29, 0.717) is 35.4 Å². The zero-order valence-corrected chi connectivity index (χ0v) is 36.6. The summed E-state index contributed by atoms with van der Waals surface area (Å²) in [7, 11) is 0. The number of allylic oxidation sites excluding steroid dienone is 6. The number of aliphatic hydroxyl groups is 1. The number of unbranched alkanes of at least 4 members (excludes halogenated alkanes) is 8. The Hall–Kier alpha value is -3.94. The first kappa shape index (κ1) is 43.2. The summed E-state index contributed by atoms with van der Waals surface area (Å²) < 4.78 is 0. The minimum absolute atomic E-state index is 0.0980. The molecule has 4 aliphatic rings. The fourth-order valence-electron chi connectivity index (χ4n) is 9.32. The van der Waals surface area contributed by atoms with E-state index >= 15 is 0 Å². The Bertz CT molecular complexity index is 1870. The maximum absolute atomic E-state index is 14.7. The molecular formula is C48H70N4O4. The Kier molecular flexibility index (Phi) is 13.3. The molecule has 2 N–H and O–H groups in total. The quantitative estimate of drug-likeness (QED) is 0.128. The lowest BCUT2D eigenvalue weighted by molar-refractivity contribution is -0.118. The number of nitrogens with zero attached hydrogens (tertiary/aromatic N) is 3.